The van der Waals surface area contributed by atoms with Gasteiger partial charge in [-0.05, 0) is 158 Å². The molecule has 0 bridgehead atoms. The zero-order valence-electron chi connectivity index (χ0n) is 67.2. The molecule has 25 rings (SSSR count). The van der Waals surface area contributed by atoms with Crippen molar-refractivity contribution in [1.29, 1.82) is 0 Å². The van der Waals surface area contributed by atoms with Crippen molar-refractivity contribution in [3.8, 4) is 113 Å². The predicted octanol–water partition coefficient (Wildman–Crippen LogP) is 29.5. The molecule has 9 heteroatoms. The molecule has 0 atom stereocenters. The van der Waals surface area contributed by atoms with Crippen LogP contribution in [0.3, 0.4) is 0 Å². The van der Waals surface area contributed by atoms with Crippen LogP contribution >= 0.6 is 0 Å². The summed E-state index contributed by atoms with van der Waals surface area (Å²) in [5, 5.41) is 16.6. The lowest BCUT2D eigenvalue weighted by atomic mass is 9.98. The number of hydrogen-bond donors (Lipinski definition) is 0. The van der Waals surface area contributed by atoms with E-state index in [9.17, 15) is 0 Å². The molecule has 578 valence electrons. The van der Waals surface area contributed by atoms with Gasteiger partial charge in [0.25, 0.3) is 0 Å². The molecule has 0 fully saturated rings. The Balaban J connectivity index is 0.000000140. The molecule has 124 heavy (non-hydrogen) atoms. The van der Waals surface area contributed by atoms with Crippen LogP contribution in [-0.2, 0) is 0 Å². The molecule has 25 aromatic rings. The molecule has 0 saturated carbocycles. The minimum Gasteiger partial charge on any atom is -0.309 e. The summed E-state index contributed by atoms with van der Waals surface area (Å²) in [5.41, 5.74) is 25.8. The van der Waals surface area contributed by atoms with Gasteiger partial charge in [0.15, 0.2) is 23.3 Å². The third-order valence-corrected chi connectivity index (χ3v) is 24.6. The first-order valence-corrected chi connectivity index (χ1v) is 42.1. The van der Waals surface area contributed by atoms with E-state index in [4.69, 9.17) is 24.9 Å². The van der Waals surface area contributed by atoms with Gasteiger partial charge < -0.3 is 18.3 Å². The molecule has 0 aliphatic carbocycles. The van der Waals surface area contributed by atoms with Gasteiger partial charge in [-0.2, -0.15) is 0 Å². The van der Waals surface area contributed by atoms with Crippen molar-refractivity contribution in [1.82, 2.24) is 43.2 Å². The molecule has 6 heterocycles. The maximum absolute atomic E-state index is 5.42. The predicted molar refractivity (Wildman–Crippen MR) is 515 cm³/mol. The van der Waals surface area contributed by atoms with E-state index < -0.39 is 0 Å². The third kappa shape index (κ3) is 12.2. The summed E-state index contributed by atoms with van der Waals surface area (Å²) < 4.78 is 9.72. The van der Waals surface area contributed by atoms with Crippen LogP contribution in [0.15, 0.2) is 443 Å². The highest BCUT2D eigenvalue weighted by atomic mass is 15.1. The molecular weight excluding hydrogens is 1510 g/mol. The fourth-order valence-electron chi connectivity index (χ4n) is 18.9. The summed E-state index contributed by atoms with van der Waals surface area (Å²) in [6, 6.07) is 158. The Labute approximate surface area is 713 Å². The Morgan fingerprint density at radius 1 is 0.145 bits per heavy atom. The first kappa shape index (κ1) is 71.4. The van der Waals surface area contributed by atoms with Crippen molar-refractivity contribution < 1.29 is 0 Å². The zero-order chi connectivity index (χ0) is 81.7. The molecule has 0 spiro atoms. The summed E-state index contributed by atoms with van der Waals surface area (Å²) >= 11 is 0. The number of rotatable bonds is 12. The minimum atomic E-state index is 0.615. The van der Waals surface area contributed by atoms with E-state index in [1.165, 1.54) is 70.4 Å². The number of para-hydroxylation sites is 5. The number of nitrogens with zero attached hydrogens (tertiary/aromatic N) is 9. The minimum absolute atomic E-state index is 0.615. The van der Waals surface area contributed by atoms with Crippen LogP contribution in [0.1, 0.15) is 0 Å². The quantitative estimate of drug-likeness (QED) is 0.122. The highest BCUT2D eigenvalue weighted by molar-refractivity contribution is 6.24. The van der Waals surface area contributed by atoms with Crippen LogP contribution < -0.4 is 0 Å². The van der Waals surface area contributed by atoms with Gasteiger partial charge in [0.2, 0.25) is 0 Å². The van der Waals surface area contributed by atoms with Crippen molar-refractivity contribution in [3.05, 3.63) is 443 Å². The van der Waals surface area contributed by atoms with Crippen molar-refractivity contribution in [2.45, 2.75) is 0 Å². The highest BCUT2D eigenvalue weighted by Crippen LogP contribution is 2.47. The molecule has 0 N–H and O–H groups in total. The van der Waals surface area contributed by atoms with E-state index in [0.29, 0.717) is 23.3 Å². The van der Waals surface area contributed by atoms with E-state index in [0.717, 1.165) is 139 Å². The van der Waals surface area contributed by atoms with Gasteiger partial charge in [-0.3, -0.25) is 0 Å². The third-order valence-electron chi connectivity index (χ3n) is 24.6. The lowest BCUT2D eigenvalue weighted by molar-refractivity contribution is 1.07. The Bertz CT molecular complexity index is 8530. The zero-order valence-corrected chi connectivity index (χ0v) is 67.2. The lowest BCUT2D eigenvalue weighted by Crippen LogP contribution is -2.02. The monoisotopic (exact) mass is 1580 g/mol. The van der Waals surface area contributed by atoms with E-state index in [-0.39, 0.29) is 0 Å². The van der Waals surface area contributed by atoms with E-state index >= 15 is 0 Å². The second kappa shape index (κ2) is 29.6. The molecule has 6 aromatic heterocycles. The molecule has 0 aliphatic heterocycles. The lowest BCUT2D eigenvalue weighted by Gasteiger charge is -2.15. The number of hydrogen-bond acceptors (Lipinski definition) is 5. The average molecular weight is 1580 g/mol. The van der Waals surface area contributed by atoms with E-state index in [2.05, 4.69) is 431 Å². The number of benzene rings is 19. The Hall–Kier alpha value is -16.8. The molecule has 0 amide bonds. The van der Waals surface area contributed by atoms with E-state index in [1.54, 1.807) is 0 Å². The van der Waals surface area contributed by atoms with Gasteiger partial charge in [0.05, 0.1) is 55.5 Å². The summed E-state index contributed by atoms with van der Waals surface area (Å²) in [6.07, 6.45) is 0. The molecular formula is C115H73N9. The van der Waals surface area contributed by atoms with Crippen LogP contribution in [0.4, 0.5) is 0 Å². The largest absolute Gasteiger partial charge is 0.309 e. The van der Waals surface area contributed by atoms with Gasteiger partial charge in [-0.15, -0.1) is 0 Å². The Morgan fingerprint density at radius 3 is 1.01 bits per heavy atom. The second-order valence-corrected chi connectivity index (χ2v) is 31.8. The topological polar surface area (TPSA) is 84.2 Å². The fourth-order valence-corrected chi connectivity index (χ4v) is 18.9. The van der Waals surface area contributed by atoms with Crippen LogP contribution in [0.2, 0.25) is 0 Å². The second-order valence-electron chi connectivity index (χ2n) is 31.8. The molecule has 0 aliphatic rings. The average Bonchev–Trinajstić information content (AvgIpc) is 1.55. The van der Waals surface area contributed by atoms with Crippen molar-refractivity contribution in [3.63, 3.8) is 0 Å². The fraction of sp³-hybridized carbons (Fsp3) is 0. The molecule has 0 radical (unpaired) electrons. The van der Waals surface area contributed by atoms with Crippen molar-refractivity contribution >= 4 is 120 Å². The summed E-state index contributed by atoms with van der Waals surface area (Å²) in [4.78, 5) is 26.5. The summed E-state index contributed by atoms with van der Waals surface area (Å²) in [6.45, 7) is 0. The van der Waals surface area contributed by atoms with Gasteiger partial charge in [0.1, 0.15) is 0 Å². The SMILES string of the molecule is c1ccc(-c2cccc(-c3nc(-c4ccccc4)cc(-c4cc(-n5c6ccccc6c6cc7c8ccccc8n(-c8ccccc8)c7cc65)cc5ccccc45)n3)c2)cc1.c1ccc(-c2cccc(-c3nc(-c4ccccc4)nc(-c4cc(-n5c6cc7c(cc6c6ccc8ccccc8c65)c5ccccc5n7-c5ccccc5)cc5ccccc45)n3)c2)cc1. The Kier molecular flexibility index (Phi) is 17.1. The van der Waals surface area contributed by atoms with E-state index in [1.807, 2.05) is 30.3 Å². The van der Waals surface area contributed by atoms with Gasteiger partial charge >= 0.3 is 0 Å². The Morgan fingerprint density at radius 2 is 0.492 bits per heavy atom. The van der Waals surface area contributed by atoms with Crippen molar-refractivity contribution in [2.24, 2.45) is 0 Å². The normalized spacial score (nSPS) is 11.7. The van der Waals surface area contributed by atoms with Gasteiger partial charge in [-0.1, -0.05) is 334 Å². The first-order chi connectivity index (χ1) is 61.5. The smallest absolute Gasteiger partial charge is 0.164 e. The van der Waals surface area contributed by atoms with Crippen LogP contribution in [0, 0.1) is 0 Å². The molecule has 19 aromatic carbocycles. The number of aromatic nitrogens is 9. The van der Waals surface area contributed by atoms with Crippen molar-refractivity contribution in [2.75, 3.05) is 0 Å². The maximum Gasteiger partial charge on any atom is 0.164 e. The highest BCUT2D eigenvalue weighted by Gasteiger charge is 2.26. The summed E-state index contributed by atoms with van der Waals surface area (Å²) in [5.74, 6) is 2.55. The first-order valence-electron chi connectivity index (χ1n) is 42.1. The molecule has 9 nitrogen and oxygen atoms in total. The molecule has 0 saturated heterocycles. The maximum atomic E-state index is 5.42. The van der Waals surface area contributed by atoms with Crippen LogP contribution in [-0.4, -0.2) is 43.2 Å². The van der Waals surface area contributed by atoms with Gasteiger partial charge in [-0.25, -0.2) is 24.9 Å². The van der Waals surface area contributed by atoms with Gasteiger partial charge in [0, 0.05) is 105 Å². The summed E-state index contributed by atoms with van der Waals surface area (Å²) in [7, 11) is 0. The standard InChI is InChI=1S/C59H37N5.C56H36N4/c1-4-17-38(18-5-1)41-23-16-24-43(33-41)58-60-57(40-20-6-2-7-21-40)61-59(62-58)52-35-45(34-42-22-11-12-27-46(42)52)64-55-37-54-50(36-51(55)49-32-31-39-19-10-13-28-47(39)56(49)64)48-29-14-15-30-53(48)63(54)44-25-8-3-9-26-44;1-4-17-37(18-5-1)39-22-16-23-41(31-39)56-57-50(38-19-6-2-7-20-38)35-51(58-56)47-33-43(32-40-21-10-11-26-44(40)47)60-53-30-15-13-28-46(53)49-34-48-45-27-12-14-29-52(45)59(54(48)36-55(49)60)42-24-8-3-9-25-42/h1-37H;1-36H. The van der Waals surface area contributed by atoms with Crippen LogP contribution in [0.5, 0.6) is 0 Å². The number of fused-ring (bicyclic) bond motifs is 16. The molecule has 0 unspecified atom stereocenters. The van der Waals surface area contributed by atoms with Crippen LogP contribution in [0.25, 0.3) is 233 Å².